The van der Waals surface area contributed by atoms with Crippen LogP contribution in [0, 0.1) is 0 Å². The smallest absolute Gasteiger partial charge is 0.328 e. The summed E-state index contributed by atoms with van der Waals surface area (Å²) in [4.78, 5) is 23.3. The predicted molar refractivity (Wildman–Crippen MR) is 69.4 cm³/mol. The Bertz CT molecular complexity index is 463. The maximum atomic E-state index is 11.9. The van der Waals surface area contributed by atoms with E-state index in [1.165, 1.54) is 19.2 Å². The number of esters is 1. The standard InChI is InChI=1S/C12H15ClN2O3/c1-3-10(12(17)18-2)15-11(16)8-5-4-7(14)6-9(8)13/h4-6,10H,3,14H2,1-2H3,(H,15,16). The third kappa shape index (κ3) is 3.37. The zero-order valence-corrected chi connectivity index (χ0v) is 11.0. The van der Waals surface area contributed by atoms with Gasteiger partial charge >= 0.3 is 5.97 Å². The van der Waals surface area contributed by atoms with Gasteiger partial charge in [-0.05, 0) is 24.6 Å². The van der Waals surface area contributed by atoms with Crippen molar-refractivity contribution in [3.63, 3.8) is 0 Å². The zero-order valence-electron chi connectivity index (χ0n) is 10.2. The number of amides is 1. The average Bonchev–Trinajstić information content (AvgIpc) is 2.34. The molecule has 6 heteroatoms. The van der Waals surface area contributed by atoms with E-state index >= 15 is 0 Å². The van der Waals surface area contributed by atoms with E-state index in [-0.39, 0.29) is 10.6 Å². The molecule has 3 N–H and O–H groups in total. The van der Waals surface area contributed by atoms with Gasteiger partial charge in [0, 0.05) is 5.69 Å². The molecular formula is C12H15ClN2O3. The summed E-state index contributed by atoms with van der Waals surface area (Å²) >= 11 is 5.91. The first-order valence-corrected chi connectivity index (χ1v) is 5.81. The highest BCUT2D eigenvalue weighted by atomic mass is 35.5. The summed E-state index contributed by atoms with van der Waals surface area (Å²) < 4.78 is 4.58. The summed E-state index contributed by atoms with van der Waals surface area (Å²) in [6.45, 7) is 1.77. The molecule has 0 heterocycles. The molecule has 1 rings (SSSR count). The van der Waals surface area contributed by atoms with E-state index in [1.807, 2.05) is 0 Å². The lowest BCUT2D eigenvalue weighted by atomic mass is 10.1. The minimum Gasteiger partial charge on any atom is -0.467 e. The van der Waals surface area contributed by atoms with Gasteiger partial charge in [-0.15, -0.1) is 0 Å². The largest absolute Gasteiger partial charge is 0.467 e. The van der Waals surface area contributed by atoms with E-state index < -0.39 is 17.9 Å². The van der Waals surface area contributed by atoms with Crippen molar-refractivity contribution in [2.24, 2.45) is 0 Å². The molecule has 0 radical (unpaired) electrons. The second-order valence-electron chi connectivity index (χ2n) is 3.70. The number of nitrogens with one attached hydrogen (secondary N) is 1. The van der Waals surface area contributed by atoms with E-state index in [0.717, 1.165) is 0 Å². The quantitative estimate of drug-likeness (QED) is 0.643. The first-order valence-electron chi connectivity index (χ1n) is 5.43. The Morgan fingerprint density at radius 1 is 1.50 bits per heavy atom. The molecule has 0 saturated heterocycles. The molecule has 18 heavy (non-hydrogen) atoms. The summed E-state index contributed by atoms with van der Waals surface area (Å²) in [5.74, 6) is -0.922. The van der Waals surface area contributed by atoms with Gasteiger partial charge in [0.25, 0.3) is 5.91 Å². The van der Waals surface area contributed by atoms with E-state index in [4.69, 9.17) is 17.3 Å². The molecule has 1 aromatic carbocycles. The van der Waals surface area contributed by atoms with Crippen molar-refractivity contribution in [2.75, 3.05) is 12.8 Å². The van der Waals surface area contributed by atoms with Gasteiger partial charge in [0.2, 0.25) is 0 Å². The van der Waals surface area contributed by atoms with Crippen molar-refractivity contribution in [1.82, 2.24) is 5.32 Å². The van der Waals surface area contributed by atoms with Gasteiger partial charge in [-0.2, -0.15) is 0 Å². The molecule has 0 saturated carbocycles. The first kappa shape index (κ1) is 14.3. The second-order valence-corrected chi connectivity index (χ2v) is 4.10. The molecule has 1 aromatic rings. The molecule has 1 unspecified atom stereocenters. The number of anilines is 1. The normalized spacial score (nSPS) is 11.7. The third-order valence-corrected chi connectivity index (χ3v) is 2.75. The highest BCUT2D eigenvalue weighted by Crippen LogP contribution is 2.19. The van der Waals surface area contributed by atoms with Crippen LogP contribution >= 0.6 is 11.6 Å². The number of carbonyl (C=O) groups excluding carboxylic acids is 2. The maximum absolute atomic E-state index is 11.9. The van der Waals surface area contributed by atoms with Crippen LogP contribution in [-0.2, 0) is 9.53 Å². The van der Waals surface area contributed by atoms with E-state index in [9.17, 15) is 9.59 Å². The van der Waals surface area contributed by atoms with Gasteiger partial charge in [-0.3, -0.25) is 4.79 Å². The Balaban J connectivity index is 2.84. The fourth-order valence-electron chi connectivity index (χ4n) is 1.42. The van der Waals surface area contributed by atoms with Crippen LogP contribution in [0.3, 0.4) is 0 Å². The Morgan fingerprint density at radius 2 is 2.17 bits per heavy atom. The fraction of sp³-hybridized carbons (Fsp3) is 0.333. The fourth-order valence-corrected chi connectivity index (χ4v) is 1.70. The average molecular weight is 271 g/mol. The number of halogens is 1. The van der Waals surface area contributed by atoms with Crippen molar-refractivity contribution in [1.29, 1.82) is 0 Å². The van der Waals surface area contributed by atoms with Gasteiger partial charge in [0.05, 0.1) is 17.7 Å². The molecule has 0 aliphatic rings. The topological polar surface area (TPSA) is 81.4 Å². The van der Waals surface area contributed by atoms with Gasteiger partial charge in [-0.25, -0.2) is 4.79 Å². The number of rotatable bonds is 4. The van der Waals surface area contributed by atoms with Crippen LogP contribution in [-0.4, -0.2) is 25.0 Å². The second kappa shape index (κ2) is 6.26. The number of nitrogens with two attached hydrogens (primary N) is 1. The summed E-state index contributed by atoms with van der Waals surface area (Å²) in [7, 11) is 1.27. The molecule has 98 valence electrons. The monoisotopic (exact) mass is 270 g/mol. The molecule has 0 aliphatic carbocycles. The number of benzene rings is 1. The van der Waals surface area contributed by atoms with Crippen LogP contribution in [0.1, 0.15) is 23.7 Å². The maximum Gasteiger partial charge on any atom is 0.328 e. The molecule has 1 amide bonds. The summed E-state index contributed by atoms with van der Waals surface area (Å²) in [6, 6.07) is 3.88. The van der Waals surface area contributed by atoms with Gasteiger partial charge in [0.1, 0.15) is 6.04 Å². The Kier molecular flexibility index (Phi) is 4.97. The van der Waals surface area contributed by atoms with Crippen LogP contribution in [0.15, 0.2) is 18.2 Å². The third-order valence-electron chi connectivity index (χ3n) is 2.44. The number of nitrogen functional groups attached to an aromatic ring is 1. The first-order chi connectivity index (χ1) is 8.49. The Labute approximate surface area is 110 Å². The number of carbonyl (C=O) groups is 2. The van der Waals surface area contributed by atoms with Crippen molar-refractivity contribution < 1.29 is 14.3 Å². The number of methoxy groups -OCH3 is 1. The Hall–Kier alpha value is -1.75. The number of hydrogen-bond acceptors (Lipinski definition) is 4. The molecule has 0 aliphatic heterocycles. The van der Waals surface area contributed by atoms with Crippen LogP contribution in [0.2, 0.25) is 5.02 Å². The molecule has 5 nitrogen and oxygen atoms in total. The van der Waals surface area contributed by atoms with Crippen LogP contribution < -0.4 is 11.1 Å². The SMILES string of the molecule is CCC(NC(=O)c1ccc(N)cc1Cl)C(=O)OC. The van der Waals surface area contributed by atoms with Gasteiger partial charge in [-0.1, -0.05) is 18.5 Å². The van der Waals surface area contributed by atoms with Crippen LogP contribution in [0.5, 0.6) is 0 Å². The van der Waals surface area contributed by atoms with Crippen LogP contribution in [0.4, 0.5) is 5.69 Å². The Morgan fingerprint density at radius 3 is 2.67 bits per heavy atom. The highest BCUT2D eigenvalue weighted by Gasteiger charge is 2.21. The molecule has 0 bridgehead atoms. The van der Waals surface area contributed by atoms with Gasteiger partial charge < -0.3 is 15.8 Å². The summed E-state index contributed by atoms with van der Waals surface area (Å²) in [6.07, 6.45) is 0.436. The van der Waals surface area contributed by atoms with E-state index in [2.05, 4.69) is 10.1 Å². The lowest BCUT2D eigenvalue weighted by molar-refractivity contribution is -0.142. The van der Waals surface area contributed by atoms with Crippen LogP contribution in [0.25, 0.3) is 0 Å². The van der Waals surface area contributed by atoms with E-state index in [1.54, 1.807) is 13.0 Å². The zero-order chi connectivity index (χ0) is 13.7. The van der Waals surface area contributed by atoms with E-state index in [0.29, 0.717) is 12.1 Å². The molecule has 1 atom stereocenters. The molecular weight excluding hydrogens is 256 g/mol. The summed E-state index contributed by atoms with van der Waals surface area (Å²) in [5, 5.41) is 2.80. The molecule has 0 fully saturated rings. The van der Waals surface area contributed by atoms with Crippen molar-refractivity contribution >= 4 is 29.2 Å². The summed E-state index contributed by atoms with van der Waals surface area (Å²) in [5.41, 5.74) is 6.28. The highest BCUT2D eigenvalue weighted by molar-refractivity contribution is 6.34. The lowest BCUT2D eigenvalue weighted by Crippen LogP contribution is -2.41. The predicted octanol–water partition coefficient (Wildman–Crippen LogP) is 1.60. The minimum absolute atomic E-state index is 0.243. The number of hydrogen-bond donors (Lipinski definition) is 2. The molecule has 0 spiro atoms. The van der Waals surface area contributed by atoms with Gasteiger partial charge in [0.15, 0.2) is 0 Å². The minimum atomic E-state index is -0.684. The van der Waals surface area contributed by atoms with Crippen molar-refractivity contribution in [3.05, 3.63) is 28.8 Å². The van der Waals surface area contributed by atoms with Crippen molar-refractivity contribution in [3.8, 4) is 0 Å². The molecule has 0 aromatic heterocycles. The number of ether oxygens (including phenoxy) is 1. The van der Waals surface area contributed by atoms with Crippen molar-refractivity contribution in [2.45, 2.75) is 19.4 Å². The lowest BCUT2D eigenvalue weighted by Gasteiger charge is -2.15.